The minimum atomic E-state index is -0.196. The van der Waals surface area contributed by atoms with Crippen LogP contribution in [-0.2, 0) is 0 Å². The molecule has 2 aromatic heterocycles. The summed E-state index contributed by atoms with van der Waals surface area (Å²) in [6.45, 7) is 0. The minimum Gasteiger partial charge on any atom is -0.399 e. The second kappa shape index (κ2) is 4.67. The number of hydrogen-bond donors (Lipinski definition) is 3. The van der Waals surface area contributed by atoms with Gasteiger partial charge in [-0.15, -0.1) is 0 Å². The monoisotopic (exact) mass is 336 g/mol. The van der Waals surface area contributed by atoms with Crippen LogP contribution in [0.25, 0.3) is 10.9 Å². The summed E-state index contributed by atoms with van der Waals surface area (Å²) < 4.78 is 0.870. The van der Waals surface area contributed by atoms with Crippen molar-refractivity contribution in [1.29, 1.82) is 0 Å². The molecule has 0 aliphatic rings. The Morgan fingerprint density at radius 2 is 2.32 bits per heavy atom. The molecule has 0 radical (unpaired) electrons. The lowest BCUT2D eigenvalue weighted by Gasteiger charge is -2.00. The van der Waals surface area contributed by atoms with E-state index >= 15 is 0 Å². The van der Waals surface area contributed by atoms with Gasteiger partial charge in [0.15, 0.2) is 5.13 Å². The molecule has 7 heteroatoms. The Bertz CT molecular complexity index is 764. The van der Waals surface area contributed by atoms with E-state index in [2.05, 4.69) is 31.2 Å². The zero-order valence-corrected chi connectivity index (χ0v) is 12.0. The first kappa shape index (κ1) is 12.2. The number of aromatic nitrogens is 2. The number of nitrogens with zero attached hydrogens (tertiary/aromatic N) is 1. The zero-order valence-electron chi connectivity index (χ0n) is 9.61. The van der Waals surface area contributed by atoms with Crippen LogP contribution in [0, 0.1) is 0 Å². The largest absolute Gasteiger partial charge is 0.399 e. The molecule has 0 unspecified atom stereocenters. The highest BCUT2D eigenvalue weighted by atomic mass is 79.9. The maximum Gasteiger partial charge on any atom is 0.259 e. The maximum atomic E-state index is 12.2. The van der Waals surface area contributed by atoms with Gasteiger partial charge in [-0.3, -0.25) is 10.1 Å². The molecule has 0 spiro atoms. The molecule has 5 nitrogen and oxygen atoms in total. The molecular formula is C12H9BrN4OS. The van der Waals surface area contributed by atoms with Crippen molar-refractivity contribution in [2.24, 2.45) is 0 Å². The number of nitrogen functional groups attached to an aromatic ring is 1. The van der Waals surface area contributed by atoms with E-state index in [0.29, 0.717) is 16.4 Å². The zero-order chi connectivity index (χ0) is 13.4. The Morgan fingerprint density at radius 1 is 1.47 bits per heavy atom. The first-order valence-electron chi connectivity index (χ1n) is 5.43. The minimum absolute atomic E-state index is 0.196. The summed E-state index contributed by atoms with van der Waals surface area (Å²) in [5, 5.41) is 4.15. The van der Waals surface area contributed by atoms with E-state index in [1.54, 1.807) is 24.5 Å². The third kappa shape index (κ3) is 2.34. The SMILES string of the molecule is Nc1ccc2c(C(=O)Nc3ncc(Br)s3)c[nH]c2c1. The molecule has 1 amide bonds. The lowest BCUT2D eigenvalue weighted by molar-refractivity contribution is 0.102. The first-order valence-corrected chi connectivity index (χ1v) is 7.04. The van der Waals surface area contributed by atoms with Gasteiger partial charge in [0.2, 0.25) is 0 Å². The van der Waals surface area contributed by atoms with Crippen molar-refractivity contribution in [1.82, 2.24) is 9.97 Å². The summed E-state index contributed by atoms with van der Waals surface area (Å²) in [7, 11) is 0. The van der Waals surface area contributed by atoms with Crippen LogP contribution < -0.4 is 11.1 Å². The van der Waals surface area contributed by atoms with Gasteiger partial charge in [0, 0.05) is 22.8 Å². The average Bonchev–Trinajstić information content (AvgIpc) is 2.95. The number of fused-ring (bicyclic) bond motifs is 1. The molecular weight excluding hydrogens is 328 g/mol. The predicted molar refractivity (Wildman–Crippen MR) is 80.5 cm³/mol. The lowest BCUT2D eigenvalue weighted by Crippen LogP contribution is -2.10. The van der Waals surface area contributed by atoms with Gasteiger partial charge in [-0.05, 0) is 34.1 Å². The fourth-order valence-electron chi connectivity index (χ4n) is 1.81. The molecule has 0 saturated heterocycles. The molecule has 0 aliphatic carbocycles. The Morgan fingerprint density at radius 3 is 3.05 bits per heavy atom. The number of nitrogens with one attached hydrogen (secondary N) is 2. The molecule has 0 saturated carbocycles. The third-order valence-electron chi connectivity index (χ3n) is 2.65. The number of hydrogen-bond acceptors (Lipinski definition) is 4. The summed E-state index contributed by atoms with van der Waals surface area (Å²) in [5.41, 5.74) is 7.77. The van der Waals surface area contributed by atoms with Gasteiger partial charge in [0.25, 0.3) is 5.91 Å². The first-order chi connectivity index (χ1) is 9.13. The molecule has 3 rings (SSSR count). The molecule has 1 aromatic carbocycles. The second-order valence-electron chi connectivity index (χ2n) is 3.93. The number of thiazole rings is 1. The van der Waals surface area contributed by atoms with Gasteiger partial charge in [-0.1, -0.05) is 11.3 Å². The average molecular weight is 337 g/mol. The fourth-order valence-corrected chi connectivity index (χ4v) is 2.91. The van der Waals surface area contributed by atoms with Crippen molar-refractivity contribution in [3.05, 3.63) is 39.9 Å². The van der Waals surface area contributed by atoms with Crippen LogP contribution >= 0.6 is 27.3 Å². The van der Waals surface area contributed by atoms with E-state index < -0.39 is 0 Å². The lowest BCUT2D eigenvalue weighted by atomic mass is 10.1. The van der Waals surface area contributed by atoms with Crippen LogP contribution in [0.5, 0.6) is 0 Å². The standard InChI is InChI=1S/C12H9BrN4OS/c13-10-5-16-12(19-10)17-11(18)8-4-15-9-3-6(14)1-2-7(8)9/h1-5,15H,14H2,(H,16,17,18). The number of anilines is 2. The summed E-state index contributed by atoms with van der Waals surface area (Å²) in [6, 6.07) is 5.40. The summed E-state index contributed by atoms with van der Waals surface area (Å²) >= 11 is 4.67. The van der Waals surface area contributed by atoms with Crippen LogP contribution in [-0.4, -0.2) is 15.9 Å². The Labute approximate surface area is 121 Å². The quantitative estimate of drug-likeness (QED) is 0.628. The summed E-state index contributed by atoms with van der Waals surface area (Å²) in [4.78, 5) is 19.3. The summed E-state index contributed by atoms with van der Waals surface area (Å²) in [5.74, 6) is -0.196. The van der Waals surface area contributed by atoms with E-state index in [4.69, 9.17) is 5.73 Å². The third-order valence-corrected chi connectivity index (χ3v) is 4.04. The topological polar surface area (TPSA) is 83.8 Å². The second-order valence-corrected chi connectivity index (χ2v) is 6.34. The molecule has 2 heterocycles. The Kier molecular flexibility index (Phi) is 3.00. The van der Waals surface area contributed by atoms with Gasteiger partial charge in [-0.2, -0.15) is 0 Å². The van der Waals surface area contributed by atoms with E-state index in [0.717, 1.165) is 14.7 Å². The van der Waals surface area contributed by atoms with Crippen LogP contribution in [0.1, 0.15) is 10.4 Å². The van der Waals surface area contributed by atoms with E-state index in [1.807, 2.05) is 6.07 Å². The van der Waals surface area contributed by atoms with Gasteiger partial charge in [0.1, 0.15) is 0 Å². The van der Waals surface area contributed by atoms with Gasteiger partial charge in [0.05, 0.1) is 15.5 Å². The number of H-pyrrole nitrogens is 1. The van der Waals surface area contributed by atoms with Crippen molar-refractivity contribution in [3.8, 4) is 0 Å². The number of aromatic amines is 1. The highest BCUT2D eigenvalue weighted by molar-refractivity contribution is 9.11. The highest BCUT2D eigenvalue weighted by Crippen LogP contribution is 2.25. The fraction of sp³-hybridized carbons (Fsp3) is 0. The van der Waals surface area contributed by atoms with Gasteiger partial charge >= 0.3 is 0 Å². The van der Waals surface area contributed by atoms with Crippen LogP contribution in [0.2, 0.25) is 0 Å². The van der Waals surface area contributed by atoms with Gasteiger partial charge < -0.3 is 10.7 Å². The molecule has 3 aromatic rings. The van der Waals surface area contributed by atoms with E-state index in [9.17, 15) is 4.79 Å². The number of carbonyl (C=O) groups excluding carboxylic acids is 1. The molecule has 0 atom stereocenters. The van der Waals surface area contributed by atoms with Crippen LogP contribution in [0.4, 0.5) is 10.8 Å². The van der Waals surface area contributed by atoms with Crippen molar-refractivity contribution in [2.45, 2.75) is 0 Å². The Balaban J connectivity index is 1.93. The number of halogens is 1. The normalized spacial score (nSPS) is 10.8. The van der Waals surface area contributed by atoms with Crippen molar-refractivity contribution in [3.63, 3.8) is 0 Å². The van der Waals surface area contributed by atoms with E-state index in [-0.39, 0.29) is 5.91 Å². The molecule has 0 fully saturated rings. The van der Waals surface area contributed by atoms with E-state index in [1.165, 1.54) is 11.3 Å². The Hall–Kier alpha value is -1.86. The summed E-state index contributed by atoms with van der Waals surface area (Å²) in [6.07, 6.45) is 3.32. The number of benzene rings is 1. The smallest absolute Gasteiger partial charge is 0.259 e. The van der Waals surface area contributed by atoms with Crippen LogP contribution in [0.15, 0.2) is 34.4 Å². The highest BCUT2D eigenvalue weighted by Gasteiger charge is 2.13. The number of rotatable bonds is 2. The van der Waals surface area contributed by atoms with Gasteiger partial charge in [-0.25, -0.2) is 4.98 Å². The molecule has 0 bridgehead atoms. The molecule has 19 heavy (non-hydrogen) atoms. The molecule has 0 aliphatic heterocycles. The maximum absolute atomic E-state index is 12.2. The van der Waals surface area contributed by atoms with Crippen molar-refractivity contribution in [2.75, 3.05) is 11.1 Å². The predicted octanol–water partition coefficient (Wildman–Crippen LogP) is 3.22. The van der Waals surface area contributed by atoms with Crippen molar-refractivity contribution >= 4 is 54.9 Å². The number of carbonyl (C=O) groups is 1. The van der Waals surface area contributed by atoms with Crippen molar-refractivity contribution < 1.29 is 4.79 Å². The molecule has 96 valence electrons. The number of nitrogens with two attached hydrogens (primary N) is 1. The molecule has 4 N–H and O–H groups in total. The van der Waals surface area contributed by atoms with Crippen LogP contribution in [0.3, 0.4) is 0 Å². The number of amides is 1.